The van der Waals surface area contributed by atoms with Gasteiger partial charge >= 0.3 is 18.1 Å². The summed E-state index contributed by atoms with van der Waals surface area (Å²) in [7, 11) is 1.38. The van der Waals surface area contributed by atoms with Crippen molar-refractivity contribution in [1.82, 2.24) is 0 Å². The molecule has 0 radical (unpaired) electrons. The quantitative estimate of drug-likeness (QED) is 0.390. The van der Waals surface area contributed by atoms with Crippen molar-refractivity contribution < 1.29 is 41.7 Å². The Hall–Kier alpha value is -3.49. The zero-order valence-electron chi connectivity index (χ0n) is 16.9. The highest BCUT2D eigenvalue weighted by Gasteiger charge is 2.38. The summed E-state index contributed by atoms with van der Waals surface area (Å²) < 4.78 is 59.5. The molecule has 0 amide bonds. The molecule has 164 valence electrons. The minimum atomic E-state index is -4.44. The molecule has 9 heteroatoms. The van der Waals surface area contributed by atoms with E-state index in [1.54, 1.807) is 6.07 Å². The molecule has 0 bridgehead atoms. The Morgan fingerprint density at radius 3 is 2.29 bits per heavy atom. The highest BCUT2D eigenvalue weighted by molar-refractivity contribution is 6.18. The monoisotopic (exact) mass is 436 g/mol. The van der Waals surface area contributed by atoms with Gasteiger partial charge in [0.15, 0.2) is 11.5 Å². The molecule has 0 saturated carbocycles. The van der Waals surface area contributed by atoms with E-state index in [9.17, 15) is 22.8 Å². The largest absolute Gasteiger partial charge is 0.493 e. The second-order valence-corrected chi connectivity index (χ2v) is 7.13. The van der Waals surface area contributed by atoms with Crippen LogP contribution >= 0.6 is 0 Å². The standard InChI is InChI=1S/C22H19F3O6/c1-21(2)30-19(26)16(20(27)31-21)10-13-7-8-17(18(11-13)28-3)29-12-14-5-4-6-15(9-14)22(23,24)25/h4-11H,12H2,1-3H3. The van der Waals surface area contributed by atoms with Crippen LogP contribution in [0, 0.1) is 0 Å². The van der Waals surface area contributed by atoms with Crippen molar-refractivity contribution in [1.29, 1.82) is 0 Å². The van der Waals surface area contributed by atoms with E-state index in [-0.39, 0.29) is 23.7 Å². The first kappa shape index (κ1) is 22.2. The van der Waals surface area contributed by atoms with Crippen molar-refractivity contribution in [2.45, 2.75) is 32.4 Å². The van der Waals surface area contributed by atoms with E-state index in [0.29, 0.717) is 11.1 Å². The van der Waals surface area contributed by atoms with Crippen LogP contribution < -0.4 is 9.47 Å². The minimum absolute atomic E-state index is 0.117. The van der Waals surface area contributed by atoms with Crippen LogP contribution in [0.5, 0.6) is 11.5 Å². The molecule has 0 aromatic heterocycles. The molecule has 1 fully saturated rings. The number of esters is 2. The Labute approximate surface area is 176 Å². The van der Waals surface area contributed by atoms with Crippen molar-refractivity contribution in [2.75, 3.05) is 7.11 Å². The van der Waals surface area contributed by atoms with E-state index in [4.69, 9.17) is 18.9 Å². The summed E-state index contributed by atoms with van der Waals surface area (Å²) >= 11 is 0. The Bertz CT molecular complexity index is 1020. The van der Waals surface area contributed by atoms with E-state index >= 15 is 0 Å². The van der Waals surface area contributed by atoms with Gasteiger partial charge in [0.1, 0.15) is 12.2 Å². The molecular weight excluding hydrogens is 417 g/mol. The second kappa shape index (κ2) is 8.33. The van der Waals surface area contributed by atoms with Crippen molar-refractivity contribution in [3.05, 3.63) is 64.7 Å². The van der Waals surface area contributed by atoms with Gasteiger partial charge in [0.25, 0.3) is 5.79 Å². The number of carbonyl (C=O) groups is 2. The molecule has 1 aliphatic rings. The Balaban J connectivity index is 1.78. The molecule has 0 unspecified atom stereocenters. The van der Waals surface area contributed by atoms with Crippen molar-refractivity contribution in [3.8, 4) is 11.5 Å². The molecule has 2 aromatic carbocycles. The lowest BCUT2D eigenvalue weighted by Crippen LogP contribution is -2.41. The summed E-state index contributed by atoms with van der Waals surface area (Å²) in [6.45, 7) is 2.77. The van der Waals surface area contributed by atoms with Gasteiger partial charge < -0.3 is 18.9 Å². The smallest absolute Gasteiger partial charge is 0.416 e. The van der Waals surface area contributed by atoms with E-state index in [2.05, 4.69) is 0 Å². The van der Waals surface area contributed by atoms with Crippen LogP contribution in [-0.4, -0.2) is 24.8 Å². The summed E-state index contributed by atoms with van der Waals surface area (Å²) in [4.78, 5) is 24.2. The zero-order chi connectivity index (χ0) is 22.8. The highest BCUT2D eigenvalue weighted by atomic mass is 19.4. The predicted octanol–water partition coefficient (Wildman–Crippen LogP) is 4.51. The summed E-state index contributed by atoms with van der Waals surface area (Å²) in [5.74, 6) is -2.43. The number of cyclic esters (lactones) is 2. The maximum absolute atomic E-state index is 12.9. The molecule has 1 heterocycles. The van der Waals surface area contributed by atoms with Crippen LogP contribution in [0.4, 0.5) is 13.2 Å². The number of hydrogen-bond donors (Lipinski definition) is 0. The van der Waals surface area contributed by atoms with Gasteiger partial charge in [0.05, 0.1) is 12.7 Å². The van der Waals surface area contributed by atoms with Gasteiger partial charge in [-0.15, -0.1) is 0 Å². The summed E-state index contributed by atoms with van der Waals surface area (Å²) in [6, 6.07) is 9.39. The van der Waals surface area contributed by atoms with Crippen molar-refractivity contribution in [2.24, 2.45) is 0 Å². The van der Waals surface area contributed by atoms with Gasteiger partial charge in [-0.3, -0.25) is 0 Å². The number of benzene rings is 2. The van der Waals surface area contributed by atoms with E-state index in [1.165, 1.54) is 51.3 Å². The average molecular weight is 436 g/mol. The van der Waals surface area contributed by atoms with Crippen LogP contribution in [0.2, 0.25) is 0 Å². The topological polar surface area (TPSA) is 71.1 Å². The minimum Gasteiger partial charge on any atom is -0.493 e. The van der Waals surface area contributed by atoms with Crippen LogP contribution in [0.15, 0.2) is 48.0 Å². The van der Waals surface area contributed by atoms with Crippen molar-refractivity contribution in [3.63, 3.8) is 0 Å². The third-order valence-corrected chi connectivity index (χ3v) is 4.26. The number of methoxy groups -OCH3 is 1. The van der Waals surface area contributed by atoms with Crippen LogP contribution in [-0.2, 0) is 31.8 Å². The molecule has 31 heavy (non-hydrogen) atoms. The average Bonchev–Trinajstić information content (AvgIpc) is 2.68. The fraction of sp³-hybridized carbons (Fsp3) is 0.273. The lowest BCUT2D eigenvalue weighted by molar-refractivity contribution is -0.222. The first-order valence-corrected chi connectivity index (χ1v) is 9.14. The van der Waals surface area contributed by atoms with E-state index in [0.717, 1.165) is 12.1 Å². The molecule has 1 saturated heterocycles. The fourth-order valence-electron chi connectivity index (χ4n) is 2.84. The highest BCUT2D eigenvalue weighted by Crippen LogP contribution is 2.32. The van der Waals surface area contributed by atoms with Gasteiger partial charge in [-0.1, -0.05) is 18.2 Å². The third-order valence-electron chi connectivity index (χ3n) is 4.26. The number of rotatable bonds is 5. The van der Waals surface area contributed by atoms with Gasteiger partial charge in [0.2, 0.25) is 0 Å². The maximum Gasteiger partial charge on any atom is 0.416 e. The third kappa shape index (κ3) is 5.36. The Kier molecular flexibility index (Phi) is 5.97. The molecule has 0 aliphatic carbocycles. The fourth-order valence-corrected chi connectivity index (χ4v) is 2.84. The van der Waals surface area contributed by atoms with Gasteiger partial charge in [-0.05, 0) is 41.5 Å². The molecule has 2 aromatic rings. The molecule has 0 atom stereocenters. The second-order valence-electron chi connectivity index (χ2n) is 7.13. The zero-order valence-corrected chi connectivity index (χ0v) is 16.9. The summed E-state index contributed by atoms with van der Waals surface area (Å²) in [5.41, 5.74) is -0.277. The Morgan fingerprint density at radius 2 is 1.68 bits per heavy atom. The van der Waals surface area contributed by atoms with Crippen molar-refractivity contribution >= 4 is 18.0 Å². The van der Waals surface area contributed by atoms with Gasteiger partial charge in [-0.25, -0.2) is 9.59 Å². The molecule has 6 nitrogen and oxygen atoms in total. The van der Waals surface area contributed by atoms with Gasteiger partial charge in [0, 0.05) is 13.8 Å². The predicted molar refractivity (Wildman–Crippen MR) is 103 cm³/mol. The summed E-state index contributed by atoms with van der Waals surface area (Å²) in [6.07, 6.45) is -3.15. The number of halogens is 3. The van der Waals surface area contributed by atoms with E-state index < -0.39 is 29.5 Å². The van der Waals surface area contributed by atoms with Crippen LogP contribution in [0.3, 0.4) is 0 Å². The number of ether oxygens (including phenoxy) is 4. The molecule has 3 rings (SSSR count). The normalized spacial score (nSPS) is 15.7. The van der Waals surface area contributed by atoms with E-state index in [1.807, 2.05) is 0 Å². The molecule has 0 spiro atoms. The lowest BCUT2D eigenvalue weighted by atomic mass is 10.1. The Morgan fingerprint density at radius 1 is 1.00 bits per heavy atom. The SMILES string of the molecule is COc1cc(C=C2C(=O)OC(C)(C)OC2=O)ccc1OCc1cccc(C(F)(F)F)c1. The number of hydrogen-bond acceptors (Lipinski definition) is 6. The first-order chi connectivity index (χ1) is 14.5. The number of carbonyl (C=O) groups excluding carboxylic acids is 2. The first-order valence-electron chi connectivity index (χ1n) is 9.14. The molecule has 1 aliphatic heterocycles. The van der Waals surface area contributed by atoms with Crippen LogP contribution in [0.1, 0.15) is 30.5 Å². The lowest BCUT2D eigenvalue weighted by Gasteiger charge is -2.29. The van der Waals surface area contributed by atoms with Gasteiger partial charge in [-0.2, -0.15) is 13.2 Å². The number of alkyl halides is 3. The molecular formula is C22H19F3O6. The molecule has 0 N–H and O–H groups in total. The van der Waals surface area contributed by atoms with Crippen LogP contribution in [0.25, 0.3) is 6.08 Å². The maximum atomic E-state index is 12.9. The summed E-state index contributed by atoms with van der Waals surface area (Å²) in [5, 5.41) is 0.